The summed E-state index contributed by atoms with van der Waals surface area (Å²) >= 11 is 0. The lowest BCUT2D eigenvalue weighted by Crippen LogP contribution is -2.40. The third kappa shape index (κ3) is 15.9. The van der Waals surface area contributed by atoms with Gasteiger partial charge in [-0.15, -0.1) is 24.0 Å². The lowest BCUT2D eigenvalue weighted by Gasteiger charge is -2.18. The minimum absolute atomic E-state index is 0. The van der Waals surface area contributed by atoms with Crippen LogP contribution in [0.1, 0.15) is 13.3 Å². The first-order valence-corrected chi connectivity index (χ1v) is 6.66. The molecule has 0 saturated carbocycles. The van der Waals surface area contributed by atoms with Gasteiger partial charge < -0.3 is 15.4 Å². The van der Waals surface area contributed by atoms with Crippen molar-refractivity contribution in [2.24, 2.45) is 4.99 Å². The Morgan fingerprint density at radius 3 is 2.38 bits per heavy atom. The van der Waals surface area contributed by atoms with Crippen molar-refractivity contribution in [2.75, 3.05) is 53.5 Å². The molecule has 0 radical (unpaired) electrons. The number of halogens is 4. The van der Waals surface area contributed by atoms with Crippen LogP contribution in [0, 0.1) is 0 Å². The fourth-order valence-electron chi connectivity index (χ4n) is 1.55. The van der Waals surface area contributed by atoms with Gasteiger partial charge in [0.15, 0.2) is 5.96 Å². The summed E-state index contributed by atoms with van der Waals surface area (Å²) in [6.45, 7) is 3.88. The maximum Gasteiger partial charge on any atom is 0.401 e. The van der Waals surface area contributed by atoms with Gasteiger partial charge >= 0.3 is 6.18 Å². The smallest absolute Gasteiger partial charge is 0.380 e. The van der Waals surface area contributed by atoms with Crippen LogP contribution in [0.5, 0.6) is 0 Å². The number of rotatable bonds is 9. The maximum atomic E-state index is 12.1. The predicted molar refractivity (Wildman–Crippen MR) is 89.4 cm³/mol. The molecule has 0 unspecified atom stereocenters. The van der Waals surface area contributed by atoms with Crippen molar-refractivity contribution in [2.45, 2.75) is 19.5 Å². The van der Waals surface area contributed by atoms with Gasteiger partial charge in [0.1, 0.15) is 0 Å². The number of aliphatic imine (C=N–C) groups is 1. The van der Waals surface area contributed by atoms with Crippen LogP contribution in [0.3, 0.4) is 0 Å². The Morgan fingerprint density at radius 1 is 1.24 bits per heavy atom. The van der Waals surface area contributed by atoms with Crippen LogP contribution in [-0.2, 0) is 4.74 Å². The van der Waals surface area contributed by atoms with E-state index >= 15 is 0 Å². The average Bonchev–Trinajstić information content (AvgIpc) is 2.34. The molecule has 2 N–H and O–H groups in total. The second kappa shape index (κ2) is 13.4. The third-order valence-electron chi connectivity index (χ3n) is 2.42. The summed E-state index contributed by atoms with van der Waals surface area (Å²) < 4.78 is 41.5. The van der Waals surface area contributed by atoms with E-state index in [0.717, 1.165) is 0 Å². The molecule has 0 aromatic carbocycles. The average molecular weight is 426 g/mol. The Labute approximate surface area is 141 Å². The van der Waals surface area contributed by atoms with Gasteiger partial charge in [-0.2, -0.15) is 13.2 Å². The van der Waals surface area contributed by atoms with Gasteiger partial charge in [0.2, 0.25) is 0 Å². The van der Waals surface area contributed by atoms with Crippen LogP contribution in [-0.4, -0.2) is 70.5 Å². The first-order valence-electron chi connectivity index (χ1n) is 6.66. The fourth-order valence-corrected chi connectivity index (χ4v) is 1.55. The lowest BCUT2D eigenvalue weighted by atomic mass is 10.4. The van der Waals surface area contributed by atoms with Crippen molar-refractivity contribution in [1.29, 1.82) is 0 Å². The molecule has 5 nitrogen and oxygen atoms in total. The van der Waals surface area contributed by atoms with Crippen LogP contribution in [0.4, 0.5) is 13.2 Å². The third-order valence-corrected chi connectivity index (χ3v) is 2.42. The second-order valence-corrected chi connectivity index (χ2v) is 4.33. The summed E-state index contributed by atoms with van der Waals surface area (Å²) in [6.07, 6.45) is -3.53. The molecule has 0 amide bonds. The number of guanidine groups is 1. The Kier molecular flexibility index (Phi) is 14.6. The lowest BCUT2D eigenvalue weighted by molar-refractivity contribution is -0.143. The molecule has 9 heteroatoms. The van der Waals surface area contributed by atoms with Gasteiger partial charge in [-0.05, 0) is 26.9 Å². The van der Waals surface area contributed by atoms with Crippen molar-refractivity contribution in [3.8, 4) is 0 Å². The van der Waals surface area contributed by atoms with Gasteiger partial charge in [-0.25, -0.2) is 0 Å². The quantitative estimate of drug-likeness (QED) is 0.255. The molecule has 0 bridgehead atoms. The molecule has 0 rings (SSSR count). The van der Waals surface area contributed by atoms with Crippen LogP contribution >= 0.6 is 24.0 Å². The summed E-state index contributed by atoms with van der Waals surface area (Å²) in [5.74, 6) is 0.628. The molecule has 0 fully saturated rings. The Balaban J connectivity index is 0. The number of ether oxygens (including phenoxy) is 1. The Hall–Kier alpha value is -0.290. The van der Waals surface area contributed by atoms with E-state index in [1.165, 1.54) is 11.9 Å². The summed E-state index contributed by atoms with van der Waals surface area (Å²) in [6, 6.07) is 0. The highest BCUT2D eigenvalue weighted by Crippen LogP contribution is 2.15. The fraction of sp³-hybridized carbons (Fsp3) is 0.917. The summed E-state index contributed by atoms with van der Waals surface area (Å²) in [7, 11) is 3.11. The van der Waals surface area contributed by atoms with Crippen LogP contribution in [0.15, 0.2) is 4.99 Å². The van der Waals surface area contributed by atoms with Crippen molar-refractivity contribution >= 4 is 29.9 Å². The summed E-state index contributed by atoms with van der Waals surface area (Å²) in [5.41, 5.74) is 0. The molecule has 0 saturated heterocycles. The van der Waals surface area contributed by atoms with Crippen molar-refractivity contribution < 1.29 is 17.9 Å². The van der Waals surface area contributed by atoms with Gasteiger partial charge in [-0.1, -0.05) is 0 Å². The number of nitrogens with zero attached hydrogens (tertiary/aromatic N) is 2. The van der Waals surface area contributed by atoms with E-state index in [-0.39, 0.29) is 24.0 Å². The van der Waals surface area contributed by atoms with E-state index in [0.29, 0.717) is 45.2 Å². The van der Waals surface area contributed by atoms with Crippen molar-refractivity contribution in [1.82, 2.24) is 15.5 Å². The molecule has 0 spiro atoms. The molecule has 0 aliphatic rings. The first-order chi connectivity index (χ1) is 9.39. The zero-order valence-corrected chi connectivity index (χ0v) is 15.1. The molecular weight excluding hydrogens is 400 g/mol. The molecule has 128 valence electrons. The normalized spacial score (nSPS) is 12.2. The number of hydrogen-bond donors (Lipinski definition) is 2. The second-order valence-electron chi connectivity index (χ2n) is 4.33. The largest absolute Gasteiger partial charge is 0.401 e. The SMILES string of the molecule is CCOCCNC(=NC)NCCCN(C)CC(F)(F)F.I. The highest BCUT2D eigenvalue weighted by atomic mass is 127. The molecule has 0 aliphatic heterocycles. The van der Waals surface area contributed by atoms with E-state index in [1.807, 2.05) is 6.92 Å². The first kappa shape index (κ1) is 23.0. The molecule has 0 atom stereocenters. The highest BCUT2D eigenvalue weighted by molar-refractivity contribution is 14.0. The molecule has 21 heavy (non-hydrogen) atoms. The van der Waals surface area contributed by atoms with E-state index in [2.05, 4.69) is 15.6 Å². The topological polar surface area (TPSA) is 48.9 Å². The van der Waals surface area contributed by atoms with Gasteiger partial charge in [-0.3, -0.25) is 9.89 Å². The summed E-state index contributed by atoms with van der Waals surface area (Å²) in [5, 5.41) is 6.09. The van der Waals surface area contributed by atoms with Crippen LogP contribution < -0.4 is 10.6 Å². The monoisotopic (exact) mass is 426 g/mol. The zero-order chi connectivity index (χ0) is 15.4. The van der Waals surface area contributed by atoms with Crippen molar-refractivity contribution in [3.05, 3.63) is 0 Å². The van der Waals surface area contributed by atoms with Gasteiger partial charge in [0.25, 0.3) is 0 Å². The standard InChI is InChI=1S/C12H25F3N4O.HI/c1-4-20-9-7-18-11(16-2)17-6-5-8-19(3)10-12(13,14)15;/h4-10H2,1-3H3,(H2,16,17,18);1H. The predicted octanol–water partition coefficient (Wildman–Crippen LogP) is 1.69. The van der Waals surface area contributed by atoms with E-state index in [4.69, 9.17) is 4.74 Å². The molecule has 0 aromatic rings. The maximum absolute atomic E-state index is 12.1. The summed E-state index contributed by atoms with van der Waals surface area (Å²) in [4.78, 5) is 5.26. The van der Waals surface area contributed by atoms with E-state index < -0.39 is 12.7 Å². The molecular formula is C12H26F3IN4O. The van der Waals surface area contributed by atoms with Gasteiger partial charge in [0, 0.05) is 26.7 Å². The Bertz CT molecular complexity index is 278. The van der Waals surface area contributed by atoms with E-state index in [9.17, 15) is 13.2 Å². The minimum Gasteiger partial charge on any atom is -0.380 e. The van der Waals surface area contributed by atoms with Crippen LogP contribution in [0.25, 0.3) is 0 Å². The zero-order valence-electron chi connectivity index (χ0n) is 12.8. The minimum atomic E-state index is -4.14. The van der Waals surface area contributed by atoms with Gasteiger partial charge in [0.05, 0.1) is 13.2 Å². The number of nitrogens with one attached hydrogen (secondary N) is 2. The molecule has 0 aromatic heterocycles. The van der Waals surface area contributed by atoms with Crippen molar-refractivity contribution in [3.63, 3.8) is 0 Å². The van der Waals surface area contributed by atoms with Crippen LogP contribution in [0.2, 0.25) is 0 Å². The number of hydrogen-bond acceptors (Lipinski definition) is 3. The van der Waals surface area contributed by atoms with E-state index in [1.54, 1.807) is 7.05 Å². The molecule has 0 aliphatic carbocycles. The number of alkyl halides is 3. The molecule has 0 heterocycles. The highest BCUT2D eigenvalue weighted by Gasteiger charge is 2.28. The Morgan fingerprint density at radius 2 is 1.86 bits per heavy atom.